The Hall–Kier alpha value is -0.340. The van der Waals surface area contributed by atoms with Crippen molar-refractivity contribution in [2.75, 3.05) is 0 Å². The zero-order valence-electron chi connectivity index (χ0n) is 11.6. The molecule has 0 fully saturated rings. The first kappa shape index (κ1) is 14.7. The maximum atomic E-state index is 6.42. The van der Waals surface area contributed by atoms with Crippen LogP contribution in [0.4, 0.5) is 0 Å². The quantitative estimate of drug-likeness (QED) is 0.848. The van der Waals surface area contributed by atoms with E-state index in [4.69, 9.17) is 5.73 Å². The Kier molecular flexibility index (Phi) is 5.21. The van der Waals surface area contributed by atoms with Gasteiger partial charge in [-0.1, -0.05) is 42.3 Å². The highest BCUT2D eigenvalue weighted by molar-refractivity contribution is 9.10. The van der Waals surface area contributed by atoms with Crippen LogP contribution in [0.2, 0.25) is 0 Å². The molecular weight excluding hydrogens is 274 g/mol. The molecule has 1 rings (SSSR count). The van der Waals surface area contributed by atoms with Gasteiger partial charge in [0.15, 0.2) is 0 Å². The molecule has 0 radical (unpaired) electrons. The van der Waals surface area contributed by atoms with E-state index in [1.807, 2.05) is 0 Å². The second-order valence-corrected chi connectivity index (χ2v) is 5.95. The van der Waals surface area contributed by atoms with Gasteiger partial charge in [0.1, 0.15) is 0 Å². The summed E-state index contributed by atoms with van der Waals surface area (Å²) in [6.07, 6.45) is 2.38. The van der Waals surface area contributed by atoms with Crippen molar-refractivity contribution in [3.63, 3.8) is 0 Å². The molecule has 0 aliphatic carbocycles. The standard InChI is InChI=1S/C15H24BrN/c1-6-7-9(2)15(17)13-10(3)8-11(4)14(16)12(13)5/h8-9,15H,6-7,17H2,1-5H3. The normalized spacial score (nSPS) is 14.8. The Morgan fingerprint density at radius 3 is 2.35 bits per heavy atom. The van der Waals surface area contributed by atoms with Crippen LogP contribution in [0, 0.1) is 26.7 Å². The predicted octanol–water partition coefficient (Wildman–Crippen LogP) is 4.81. The number of halogens is 1. The number of aryl methyl sites for hydroxylation is 2. The lowest BCUT2D eigenvalue weighted by atomic mass is 9.86. The fraction of sp³-hybridized carbons (Fsp3) is 0.600. The number of nitrogens with two attached hydrogens (primary N) is 1. The minimum atomic E-state index is 0.145. The van der Waals surface area contributed by atoms with Crippen LogP contribution in [0.5, 0.6) is 0 Å². The van der Waals surface area contributed by atoms with Crippen molar-refractivity contribution in [2.24, 2.45) is 11.7 Å². The SMILES string of the molecule is CCCC(C)C(N)c1c(C)cc(C)c(Br)c1C. The van der Waals surface area contributed by atoms with Crippen molar-refractivity contribution in [3.05, 3.63) is 32.8 Å². The van der Waals surface area contributed by atoms with E-state index >= 15 is 0 Å². The van der Waals surface area contributed by atoms with Gasteiger partial charge in [0.25, 0.3) is 0 Å². The Bertz CT molecular complexity index is 398. The summed E-state index contributed by atoms with van der Waals surface area (Å²) in [5.74, 6) is 0.534. The van der Waals surface area contributed by atoms with Crippen molar-refractivity contribution >= 4 is 15.9 Å². The minimum absolute atomic E-state index is 0.145. The molecule has 0 heterocycles. The molecule has 2 unspecified atom stereocenters. The maximum absolute atomic E-state index is 6.42. The average molecular weight is 298 g/mol. The zero-order chi connectivity index (χ0) is 13.2. The minimum Gasteiger partial charge on any atom is -0.324 e. The Labute approximate surface area is 114 Å². The number of benzene rings is 1. The molecule has 2 N–H and O–H groups in total. The van der Waals surface area contributed by atoms with Crippen LogP contribution < -0.4 is 5.73 Å². The van der Waals surface area contributed by atoms with Crippen molar-refractivity contribution < 1.29 is 0 Å². The van der Waals surface area contributed by atoms with Crippen LogP contribution in [-0.4, -0.2) is 0 Å². The van der Waals surface area contributed by atoms with E-state index < -0.39 is 0 Å². The van der Waals surface area contributed by atoms with E-state index in [2.05, 4.69) is 56.6 Å². The molecule has 17 heavy (non-hydrogen) atoms. The van der Waals surface area contributed by atoms with Crippen molar-refractivity contribution in [1.82, 2.24) is 0 Å². The summed E-state index contributed by atoms with van der Waals surface area (Å²) in [7, 11) is 0. The van der Waals surface area contributed by atoms with Crippen LogP contribution in [-0.2, 0) is 0 Å². The van der Waals surface area contributed by atoms with Gasteiger partial charge < -0.3 is 5.73 Å². The molecule has 0 spiro atoms. The molecule has 0 saturated carbocycles. The summed E-state index contributed by atoms with van der Waals surface area (Å²) >= 11 is 3.66. The van der Waals surface area contributed by atoms with Crippen LogP contribution in [0.3, 0.4) is 0 Å². The average Bonchev–Trinajstić information content (AvgIpc) is 2.26. The summed E-state index contributed by atoms with van der Waals surface area (Å²) in [6, 6.07) is 2.37. The molecule has 96 valence electrons. The lowest BCUT2D eigenvalue weighted by Gasteiger charge is -2.25. The molecule has 0 aliphatic rings. The third kappa shape index (κ3) is 3.11. The largest absolute Gasteiger partial charge is 0.324 e. The second kappa shape index (κ2) is 6.01. The van der Waals surface area contributed by atoms with E-state index in [1.165, 1.54) is 39.6 Å². The Morgan fingerprint density at radius 1 is 1.24 bits per heavy atom. The predicted molar refractivity (Wildman–Crippen MR) is 79.4 cm³/mol. The Balaban J connectivity index is 3.17. The lowest BCUT2D eigenvalue weighted by molar-refractivity contribution is 0.431. The van der Waals surface area contributed by atoms with Gasteiger partial charge in [-0.3, -0.25) is 0 Å². The van der Waals surface area contributed by atoms with Gasteiger partial charge >= 0.3 is 0 Å². The lowest BCUT2D eigenvalue weighted by Crippen LogP contribution is -2.21. The molecule has 0 amide bonds. The highest BCUT2D eigenvalue weighted by atomic mass is 79.9. The molecular formula is C15H24BrN. The highest BCUT2D eigenvalue weighted by Gasteiger charge is 2.20. The molecule has 0 bridgehead atoms. The van der Waals surface area contributed by atoms with Crippen molar-refractivity contribution in [3.8, 4) is 0 Å². The monoisotopic (exact) mass is 297 g/mol. The first-order valence-corrected chi connectivity index (χ1v) is 7.21. The van der Waals surface area contributed by atoms with E-state index in [9.17, 15) is 0 Å². The molecule has 1 aromatic rings. The second-order valence-electron chi connectivity index (χ2n) is 5.15. The third-order valence-electron chi connectivity index (χ3n) is 3.63. The molecule has 0 saturated heterocycles. The molecule has 2 atom stereocenters. The van der Waals surface area contributed by atoms with Gasteiger partial charge in [-0.2, -0.15) is 0 Å². The molecule has 2 heteroatoms. The van der Waals surface area contributed by atoms with E-state index in [-0.39, 0.29) is 6.04 Å². The molecule has 1 nitrogen and oxygen atoms in total. The first-order valence-electron chi connectivity index (χ1n) is 6.41. The van der Waals surface area contributed by atoms with Gasteiger partial charge in [0.2, 0.25) is 0 Å². The fourth-order valence-corrected chi connectivity index (χ4v) is 2.94. The van der Waals surface area contributed by atoms with Crippen LogP contribution in [0.15, 0.2) is 10.5 Å². The van der Waals surface area contributed by atoms with E-state index in [1.54, 1.807) is 0 Å². The molecule has 0 aromatic heterocycles. The van der Waals surface area contributed by atoms with Crippen LogP contribution in [0.25, 0.3) is 0 Å². The van der Waals surface area contributed by atoms with Gasteiger partial charge in [-0.05, 0) is 55.4 Å². The van der Waals surface area contributed by atoms with Gasteiger partial charge in [0, 0.05) is 10.5 Å². The van der Waals surface area contributed by atoms with Gasteiger partial charge in [-0.15, -0.1) is 0 Å². The van der Waals surface area contributed by atoms with E-state index in [0.29, 0.717) is 5.92 Å². The summed E-state index contributed by atoms with van der Waals surface area (Å²) < 4.78 is 1.21. The van der Waals surface area contributed by atoms with Crippen LogP contribution >= 0.6 is 15.9 Å². The molecule has 0 aliphatic heterocycles. The van der Waals surface area contributed by atoms with Crippen LogP contribution in [0.1, 0.15) is 55.0 Å². The van der Waals surface area contributed by atoms with Gasteiger partial charge in [-0.25, -0.2) is 0 Å². The van der Waals surface area contributed by atoms with Gasteiger partial charge in [0.05, 0.1) is 0 Å². The fourth-order valence-electron chi connectivity index (χ4n) is 2.61. The summed E-state index contributed by atoms with van der Waals surface area (Å²) in [5.41, 5.74) is 11.7. The van der Waals surface area contributed by atoms with Crippen molar-refractivity contribution in [1.29, 1.82) is 0 Å². The molecule has 1 aromatic carbocycles. The summed E-state index contributed by atoms with van der Waals surface area (Å²) in [4.78, 5) is 0. The summed E-state index contributed by atoms with van der Waals surface area (Å²) in [5, 5.41) is 0. The highest BCUT2D eigenvalue weighted by Crippen LogP contribution is 2.33. The topological polar surface area (TPSA) is 26.0 Å². The zero-order valence-corrected chi connectivity index (χ0v) is 13.2. The van der Waals surface area contributed by atoms with Crippen molar-refractivity contribution in [2.45, 2.75) is 53.5 Å². The Morgan fingerprint density at radius 2 is 1.82 bits per heavy atom. The summed E-state index contributed by atoms with van der Waals surface area (Å²) in [6.45, 7) is 10.9. The number of hydrogen-bond donors (Lipinski definition) is 1. The number of rotatable bonds is 4. The third-order valence-corrected chi connectivity index (χ3v) is 4.85. The maximum Gasteiger partial charge on any atom is 0.0326 e. The van der Waals surface area contributed by atoms with E-state index in [0.717, 1.165) is 0 Å². The number of hydrogen-bond acceptors (Lipinski definition) is 1. The first-order chi connectivity index (χ1) is 7.90. The smallest absolute Gasteiger partial charge is 0.0326 e.